The van der Waals surface area contributed by atoms with Gasteiger partial charge in [-0.1, -0.05) is 11.6 Å². The van der Waals surface area contributed by atoms with Gasteiger partial charge >= 0.3 is 5.97 Å². The highest BCUT2D eigenvalue weighted by Gasteiger charge is 2.31. The minimum atomic E-state index is -3.85. The highest BCUT2D eigenvalue weighted by molar-refractivity contribution is 7.89. The molecule has 25 heavy (non-hydrogen) atoms. The molecule has 1 aliphatic rings. The fourth-order valence-corrected chi connectivity index (χ4v) is 4.36. The summed E-state index contributed by atoms with van der Waals surface area (Å²) in [4.78, 5) is 23.9. The molecule has 2 heterocycles. The average molecular weight is 401 g/mol. The van der Waals surface area contributed by atoms with Gasteiger partial charge in [-0.2, -0.15) is 4.72 Å². The van der Waals surface area contributed by atoms with Crippen LogP contribution < -0.4 is 10.0 Å². The molecule has 1 aromatic heterocycles. The fraction of sp³-hybridized carbons (Fsp3) is 0.200. The number of rotatable bonds is 5. The van der Waals surface area contributed by atoms with Crippen molar-refractivity contribution in [3.8, 4) is 0 Å². The third-order valence-electron chi connectivity index (χ3n) is 3.45. The van der Waals surface area contributed by atoms with E-state index in [-0.39, 0.29) is 17.4 Å². The normalized spacial score (nSPS) is 17.3. The first-order valence-electron chi connectivity index (χ1n) is 7.21. The van der Waals surface area contributed by atoms with Crippen LogP contribution in [0.25, 0.3) is 0 Å². The zero-order valence-corrected chi connectivity index (χ0v) is 15.1. The third-order valence-corrected chi connectivity index (χ3v) is 6.17. The molecule has 0 aliphatic carbocycles. The lowest BCUT2D eigenvalue weighted by molar-refractivity contribution is -0.139. The first-order valence-corrected chi connectivity index (χ1v) is 9.89. The van der Waals surface area contributed by atoms with Crippen molar-refractivity contribution in [1.82, 2.24) is 4.72 Å². The monoisotopic (exact) mass is 400 g/mol. The summed E-state index contributed by atoms with van der Waals surface area (Å²) in [5.41, 5.74) is 0.439. The number of nitrogens with one attached hydrogen (secondary N) is 2. The third kappa shape index (κ3) is 4.18. The lowest BCUT2D eigenvalue weighted by atomic mass is 10.3. The fourth-order valence-electron chi connectivity index (χ4n) is 2.20. The van der Waals surface area contributed by atoms with Gasteiger partial charge in [0.2, 0.25) is 10.0 Å². The van der Waals surface area contributed by atoms with Gasteiger partial charge in [-0.3, -0.25) is 9.59 Å². The molecule has 1 aliphatic heterocycles. The Labute approximate surface area is 153 Å². The second-order valence-corrected chi connectivity index (χ2v) is 8.64. The Kier molecular flexibility index (Phi) is 5.09. The molecule has 0 saturated carbocycles. The first kappa shape index (κ1) is 17.9. The molecule has 0 spiro atoms. The van der Waals surface area contributed by atoms with Gasteiger partial charge in [-0.05, 0) is 36.4 Å². The Bertz CT molecular complexity index is 908. The lowest BCUT2D eigenvalue weighted by Gasteiger charge is -2.10. The van der Waals surface area contributed by atoms with Crippen molar-refractivity contribution in [1.29, 1.82) is 0 Å². The van der Waals surface area contributed by atoms with Gasteiger partial charge in [0.05, 0.1) is 20.7 Å². The molecule has 10 heteroatoms. The Balaban J connectivity index is 1.69. The second-order valence-electron chi connectivity index (χ2n) is 5.21. The van der Waals surface area contributed by atoms with E-state index in [2.05, 4.69) is 10.0 Å². The van der Waals surface area contributed by atoms with Crippen LogP contribution in [0.2, 0.25) is 4.34 Å². The maximum Gasteiger partial charge on any atom is 0.324 e. The van der Waals surface area contributed by atoms with Crippen molar-refractivity contribution in [2.24, 2.45) is 0 Å². The summed E-state index contributed by atoms with van der Waals surface area (Å²) in [6.45, 7) is 0.198. The first-order chi connectivity index (χ1) is 11.8. The zero-order valence-electron chi connectivity index (χ0n) is 12.7. The van der Waals surface area contributed by atoms with Crippen molar-refractivity contribution in [3.63, 3.8) is 0 Å². The number of amides is 1. The molecule has 3 rings (SSSR count). The largest absolute Gasteiger partial charge is 0.464 e. The standard InChI is InChI=1S/C15H13ClN2O5S2/c16-13-6-5-12(24-13)14(19)17-9-1-3-10(4-2-9)25(21,22)18-11-7-8-23-15(11)20/h1-6,11,18H,7-8H2,(H,17,19). The van der Waals surface area contributed by atoms with Gasteiger partial charge < -0.3 is 10.1 Å². The van der Waals surface area contributed by atoms with Crippen LogP contribution in [0.5, 0.6) is 0 Å². The SMILES string of the molecule is O=C(Nc1ccc(S(=O)(=O)NC2CCOC2=O)cc1)c1ccc(Cl)s1. The second kappa shape index (κ2) is 7.12. The molecule has 1 atom stereocenters. The number of benzene rings is 1. The lowest BCUT2D eigenvalue weighted by Crippen LogP contribution is -2.37. The van der Waals surface area contributed by atoms with Crippen LogP contribution in [-0.2, 0) is 19.6 Å². The van der Waals surface area contributed by atoms with E-state index in [4.69, 9.17) is 16.3 Å². The number of halogens is 1. The van der Waals surface area contributed by atoms with Gasteiger partial charge in [0.25, 0.3) is 5.91 Å². The number of hydrogen-bond donors (Lipinski definition) is 2. The van der Waals surface area contributed by atoms with Crippen LogP contribution >= 0.6 is 22.9 Å². The maximum absolute atomic E-state index is 12.3. The van der Waals surface area contributed by atoms with E-state index in [1.54, 1.807) is 12.1 Å². The number of hydrogen-bond acceptors (Lipinski definition) is 6. The molecule has 1 unspecified atom stereocenters. The van der Waals surface area contributed by atoms with Gasteiger partial charge in [0.1, 0.15) is 6.04 Å². The predicted molar refractivity (Wildman–Crippen MR) is 93.4 cm³/mol. The van der Waals surface area contributed by atoms with Gasteiger partial charge in [-0.15, -0.1) is 11.3 Å². The Hall–Kier alpha value is -1.94. The zero-order chi connectivity index (χ0) is 18.0. The van der Waals surface area contributed by atoms with Crippen LogP contribution in [0.15, 0.2) is 41.3 Å². The molecule has 0 radical (unpaired) electrons. The van der Waals surface area contributed by atoms with Crippen molar-refractivity contribution in [3.05, 3.63) is 45.6 Å². The summed E-state index contributed by atoms with van der Waals surface area (Å²) >= 11 is 6.93. The Morgan fingerprint density at radius 3 is 2.48 bits per heavy atom. The molecule has 1 aromatic carbocycles. The minimum absolute atomic E-state index is 0.00985. The molecular formula is C15H13ClN2O5S2. The number of sulfonamides is 1. The van der Waals surface area contributed by atoms with Crippen LogP contribution in [0, 0.1) is 0 Å². The van der Waals surface area contributed by atoms with E-state index in [0.29, 0.717) is 21.3 Å². The minimum Gasteiger partial charge on any atom is -0.464 e. The Morgan fingerprint density at radius 2 is 1.92 bits per heavy atom. The summed E-state index contributed by atoms with van der Waals surface area (Å²) in [7, 11) is -3.85. The molecule has 2 N–H and O–H groups in total. The molecule has 7 nitrogen and oxygen atoms in total. The molecule has 0 bridgehead atoms. The van der Waals surface area contributed by atoms with Crippen molar-refractivity contribution in [2.75, 3.05) is 11.9 Å². The van der Waals surface area contributed by atoms with Crippen LogP contribution in [0.3, 0.4) is 0 Å². The van der Waals surface area contributed by atoms with Crippen molar-refractivity contribution in [2.45, 2.75) is 17.4 Å². The van der Waals surface area contributed by atoms with E-state index in [9.17, 15) is 18.0 Å². The highest BCUT2D eigenvalue weighted by Crippen LogP contribution is 2.23. The molecule has 1 fully saturated rings. The summed E-state index contributed by atoms with van der Waals surface area (Å²) < 4.78 is 32.1. The molecular weight excluding hydrogens is 388 g/mol. The summed E-state index contributed by atoms with van der Waals surface area (Å²) in [6, 6.07) is 7.98. The summed E-state index contributed by atoms with van der Waals surface area (Å²) in [6.07, 6.45) is 0.301. The van der Waals surface area contributed by atoms with Crippen molar-refractivity contribution >= 4 is 50.5 Å². The highest BCUT2D eigenvalue weighted by atomic mass is 35.5. The number of carbonyl (C=O) groups is 2. The summed E-state index contributed by atoms with van der Waals surface area (Å²) in [5.74, 6) is -0.915. The number of carbonyl (C=O) groups excluding carboxylic acids is 2. The van der Waals surface area contributed by atoms with E-state index in [0.717, 1.165) is 11.3 Å². The van der Waals surface area contributed by atoms with Gasteiger partial charge in [0, 0.05) is 12.1 Å². The quantitative estimate of drug-likeness (QED) is 0.749. The van der Waals surface area contributed by atoms with Crippen LogP contribution in [0.4, 0.5) is 5.69 Å². The number of esters is 1. The van der Waals surface area contributed by atoms with E-state index >= 15 is 0 Å². The number of ether oxygens (including phenoxy) is 1. The van der Waals surface area contributed by atoms with Gasteiger partial charge in [0.15, 0.2) is 0 Å². The van der Waals surface area contributed by atoms with E-state index in [1.807, 2.05) is 0 Å². The number of cyclic esters (lactones) is 1. The van der Waals surface area contributed by atoms with Crippen LogP contribution in [-0.4, -0.2) is 32.9 Å². The van der Waals surface area contributed by atoms with E-state index < -0.39 is 22.0 Å². The molecule has 1 amide bonds. The smallest absolute Gasteiger partial charge is 0.324 e. The Morgan fingerprint density at radius 1 is 1.20 bits per heavy atom. The molecule has 1 saturated heterocycles. The number of anilines is 1. The molecule has 132 valence electrons. The maximum atomic E-state index is 12.3. The van der Waals surface area contributed by atoms with Crippen LogP contribution in [0.1, 0.15) is 16.1 Å². The number of thiophene rings is 1. The predicted octanol–water partition coefficient (Wildman–Crippen LogP) is 2.25. The molecule has 2 aromatic rings. The topological polar surface area (TPSA) is 102 Å². The average Bonchev–Trinajstić information content (AvgIpc) is 3.17. The summed E-state index contributed by atoms with van der Waals surface area (Å²) in [5, 5.41) is 2.65. The van der Waals surface area contributed by atoms with Gasteiger partial charge in [-0.25, -0.2) is 8.42 Å². The van der Waals surface area contributed by atoms with Crippen molar-refractivity contribution < 1.29 is 22.7 Å². The van der Waals surface area contributed by atoms with E-state index in [1.165, 1.54) is 24.3 Å².